The van der Waals surface area contributed by atoms with Crippen LogP contribution >= 0.6 is 0 Å². The highest BCUT2D eigenvalue weighted by Gasteiger charge is 2.16. The summed E-state index contributed by atoms with van der Waals surface area (Å²) >= 11 is 0. The summed E-state index contributed by atoms with van der Waals surface area (Å²) in [6.45, 7) is 1.95. The van der Waals surface area contributed by atoms with Gasteiger partial charge in [0.1, 0.15) is 11.3 Å². The topological polar surface area (TPSA) is 49.2 Å². The van der Waals surface area contributed by atoms with Gasteiger partial charge in [0.25, 0.3) is 0 Å². The van der Waals surface area contributed by atoms with Gasteiger partial charge in [0.2, 0.25) is 0 Å². The van der Waals surface area contributed by atoms with Crippen LogP contribution in [0.1, 0.15) is 5.56 Å². The van der Waals surface area contributed by atoms with E-state index >= 15 is 0 Å². The zero-order valence-corrected chi connectivity index (χ0v) is 12.8. The molecule has 0 aliphatic heterocycles. The van der Waals surface area contributed by atoms with E-state index in [-0.39, 0.29) is 0 Å². The fourth-order valence-electron chi connectivity index (χ4n) is 2.59. The SMILES string of the molecule is COc1cc(F)c(-c2cc(C)c3c(cnn3C)n2)cc1OC. The van der Waals surface area contributed by atoms with Gasteiger partial charge >= 0.3 is 0 Å². The van der Waals surface area contributed by atoms with Gasteiger partial charge in [-0.2, -0.15) is 5.10 Å². The molecule has 0 radical (unpaired) electrons. The first-order valence-corrected chi connectivity index (χ1v) is 6.76. The van der Waals surface area contributed by atoms with Gasteiger partial charge in [0.15, 0.2) is 11.5 Å². The van der Waals surface area contributed by atoms with Gasteiger partial charge in [0, 0.05) is 18.7 Å². The quantitative estimate of drug-likeness (QED) is 0.746. The average Bonchev–Trinajstić information content (AvgIpc) is 2.88. The van der Waals surface area contributed by atoms with Crippen molar-refractivity contribution < 1.29 is 13.9 Å². The zero-order chi connectivity index (χ0) is 15.9. The molecule has 0 spiro atoms. The maximum atomic E-state index is 14.4. The fraction of sp³-hybridized carbons (Fsp3) is 0.250. The normalized spacial score (nSPS) is 11.0. The second kappa shape index (κ2) is 5.29. The Hall–Kier alpha value is -2.63. The average molecular weight is 301 g/mol. The van der Waals surface area contributed by atoms with Crippen molar-refractivity contribution in [3.63, 3.8) is 0 Å². The Balaban J connectivity index is 2.23. The van der Waals surface area contributed by atoms with Crippen molar-refractivity contribution in [2.75, 3.05) is 14.2 Å². The Labute approximate surface area is 127 Å². The van der Waals surface area contributed by atoms with E-state index in [0.717, 1.165) is 16.6 Å². The molecule has 1 aromatic carbocycles. The third-order valence-electron chi connectivity index (χ3n) is 3.64. The predicted octanol–water partition coefficient (Wildman–Crippen LogP) is 3.10. The molecule has 3 rings (SSSR count). The predicted molar refractivity (Wildman–Crippen MR) is 81.7 cm³/mol. The molecular formula is C16H16FN3O2. The molecular weight excluding hydrogens is 285 g/mol. The highest BCUT2D eigenvalue weighted by atomic mass is 19.1. The lowest BCUT2D eigenvalue weighted by Crippen LogP contribution is -1.97. The number of pyridine rings is 1. The standard InChI is InChI=1S/C16H16FN3O2/c1-9-5-12(19-13-8-18-20(2)16(9)13)10-6-14(21-3)15(22-4)7-11(10)17/h5-8H,1-4H3. The molecule has 0 atom stereocenters. The van der Waals surface area contributed by atoms with Crippen LogP contribution in [-0.2, 0) is 7.05 Å². The van der Waals surface area contributed by atoms with Gasteiger partial charge in [0.05, 0.1) is 31.6 Å². The molecule has 2 aromatic heterocycles. The minimum absolute atomic E-state index is 0.350. The van der Waals surface area contributed by atoms with Gasteiger partial charge in [-0.1, -0.05) is 0 Å². The highest BCUT2D eigenvalue weighted by molar-refractivity contribution is 5.82. The van der Waals surface area contributed by atoms with E-state index < -0.39 is 5.82 Å². The number of aromatic nitrogens is 3. The van der Waals surface area contributed by atoms with Crippen molar-refractivity contribution in [1.29, 1.82) is 0 Å². The van der Waals surface area contributed by atoms with E-state index in [9.17, 15) is 4.39 Å². The Morgan fingerprint density at radius 2 is 1.77 bits per heavy atom. The van der Waals surface area contributed by atoms with Crippen LogP contribution in [0.15, 0.2) is 24.4 Å². The fourth-order valence-corrected chi connectivity index (χ4v) is 2.59. The van der Waals surface area contributed by atoms with E-state index in [0.29, 0.717) is 22.8 Å². The molecule has 5 nitrogen and oxygen atoms in total. The van der Waals surface area contributed by atoms with Gasteiger partial charge in [-0.15, -0.1) is 0 Å². The molecule has 0 aliphatic rings. The lowest BCUT2D eigenvalue weighted by atomic mass is 10.1. The number of methoxy groups -OCH3 is 2. The largest absolute Gasteiger partial charge is 0.493 e. The molecule has 0 N–H and O–H groups in total. The minimum atomic E-state index is -0.409. The summed E-state index contributed by atoms with van der Waals surface area (Å²) < 4.78 is 26.5. The number of nitrogens with zero attached hydrogens (tertiary/aromatic N) is 3. The highest BCUT2D eigenvalue weighted by Crippen LogP contribution is 2.35. The first-order chi connectivity index (χ1) is 10.5. The monoisotopic (exact) mass is 301 g/mol. The minimum Gasteiger partial charge on any atom is -0.493 e. The lowest BCUT2D eigenvalue weighted by molar-refractivity contribution is 0.352. The van der Waals surface area contributed by atoms with Crippen molar-refractivity contribution in [2.45, 2.75) is 6.92 Å². The summed E-state index contributed by atoms with van der Waals surface area (Å²) in [6, 6.07) is 4.74. The van der Waals surface area contributed by atoms with Crippen molar-refractivity contribution >= 4 is 11.0 Å². The second-order valence-corrected chi connectivity index (χ2v) is 5.01. The van der Waals surface area contributed by atoms with E-state index in [1.165, 1.54) is 20.3 Å². The third kappa shape index (κ3) is 2.16. The van der Waals surface area contributed by atoms with Crippen molar-refractivity contribution in [1.82, 2.24) is 14.8 Å². The lowest BCUT2D eigenvalue weighted by Gasteiger charge is -2.11. The van der Waals surface area contributed by atoms with Crippen LogP contribution in [0.4, 0.5) is 4.39 Å². The maximum Gasteiger partial charge on any atom is 0.163 e. The molecule has 0 unspecified atom stereocenters. The van der Waals surface area contributed by atoms with Crippen molar-refractivity contribution in [3.05, 3.63) is 35.8 Å². The number of rotatable bonds is 3. The van der Waals surface area contributed by atoms with Crippen LogP contribution in [0.3, 0.4) is 0 Å². The summed E-state index contributed by atoms with van der Waals surface area (Å²) in [5.74, 6) is 0.403. The van der Waals surface area contributed by atoms with Gasteiger partial charge < -0.3 is 9.47 Å². The molecule has 2 heterocycles. The summed E-state index contributed by atoms with van der Waals surface area (Å²) in [5.41, 5.74) is 3.55. The molecule has 0 saturated heterocycles. The Morgan fingerprint density at radius 1 is 1.09 bits per heavy atom. The number of halogens is 1. The maximum absolute atomic E-state index is 14.4. The number of benzene rings is 1. The van der Waals surface area contributed by atoms with Crippen LogP contribution < -0.4 is 9.47 Å². The Bertz CT molecular complexity index is 858. The van der Waals surface area contributed by atoms with Crippen LogP contribution in [0, 0.1) is 12.7 Å². The van der Waals surface area contributed by atoms with E-state index in [1.54, 1.807) is 16.9 Å². The summed E-state index contributed by atoms with van der Waals surface area (Å²) in [7, 11) is 4.84. The van der Waals surface area contributed by atoms with Crippen LogP contribution in [0.25, 0.3) is 22.3 Å². The molecule has 0 fully saturated rings. The first-order valence-electron chi connectivity index (χ1n) is 6.76. The number of hydrogen-bond acceptors (Lipinski definition) is 4. The van der Waals surface area contributed by atoms with Crippen LogP contribution in [-0.4, -0.2) is 29.0 Å². The zero-order valence-electron chi connectivity index (χ0n) is 12.8. The van der Waals surface area contributed by atoms with E-state index in [4.69, 9.17) is 9.47 Å². The Morgan fingerprint density at radius 3 is 2.45 bits per heavy atom. The Kier molecular flexibility index (Phi) is 3.44. The van der Waals surface area contributed by atoms with Crippen LogP contribution in [0.2, 0.25) is 0 Å². The molecule has 3 aromatic rings. The molecule has 0 saturated carbocycles. The second-order valence-electron chi connectivity index (χ2n) is 5.01. The van der Waals surface area contributed by atoms with Crippen LogP contribution in [0.5, 0.6) is 11.5 Å². The summed E-state index contributed by atoms with van der Waals surface area (Å²) in [4.78, 5) is 4.50. The summed E-state index contributed by atoms with van der Waals surface area (Å²) in [5, 5.41) is 4.19. The van der Waals surface area contributed by atoms with Crippen molar-refractivity contribution in [2.24, 2.45) is 7.05 Å². The number of aryl methyl sites for hydroxylation is 2. The molecule has 0 amide bonds. The third-order valence-corrected chi connectivity index (χ3v) is 3.64. The molecule has 22 heavy (non-hydrogen) atoms. The number of fused-ring (bicyclic) bond motifs is 1. The number of ether oxygens (including phenoxy) is 2. The molecule has 114 valence electrons. The van der Waals surface area contributed by atoms with Gasteiger partial charge in [-0.05, 0) is 24.6 Å². The van der Waals surface area contributed by atoms with E-state index in [1.807, 2.05) is 20.0 Å². The van der Waals surface area contributed by atoms with Gasteiger partial charge in [-0.3, -0.25) is 4.68 Å². The van der Waals surface area contributed by atoms with Gasteiger partial charge in [-0.25, -0.2) is 9.37 Å². The summed E-state index contributed by atoms with van der Waals surface area (Å²) in [6.07, 6.45) is 1.67. The van der Waals surface area contributed by atoms with E-state index in [2.05, 4.69) is 10.1 Å². The first kappa shape index (κ1) is 14.3. The molecule has 6 heteroatoms. The molecule has 0 bridgehead atoms. The van der Waals surface area contributed by atoms with Crippen molar-refractivity contribution in [3.8, 4) is 22.8 Å². The molecule has 0 aliphatic carbocycles. The smallest absolute Gasteiger partial charge is 0.163 e. The number of hydrogen-bond donors (Lipinski definition) is 0.